The van der Waals surface area contributed by atoms with E-state index < -0.39 is 6.17 Å². The molecule has 14 heteroatoms. The highest BCUT2D eigenvalue weighted by atomic mass is 32.1. The molecule has 2 bridgehead atoms. The van der Waals surface area contributed by atoms with E-state index in [4.69, 9.17) is 26.6 Å². The number of methoxy groups -OCH3 is 2. The second-order valence-corrected chi connectivity index (χ2v) is 11.8. The number of aromatic nitrogens is 4. The first kappa shape index (κ1) is 27.9. The van der Waals surface area contributed by atoms with Crippen molar-refractivity contribution in [3.05, 3.63) is 35.9 Å². The van der Waals surface area contributed by atoms with Gasteiger partial charge in [-0.3, -0.25) is 14.4 Å². The van der Waals surface area contributed by atoms with E-state index in [1.165, 1.54) is 18.4 Å². The lowest BCUT2D eigenvalue weighted by atomic mass is 9.95. The molecule has 3 aromatic heterocycles. The lowest BCUT2D eigenvalue weighted by Gasteiger charge is -2.39. The summed E-state index contributed by atoms with van der Waals surface area (Å²) in [6, 6.07) is 6.04. The van der Waals surface area contributed by atoms with Gasteiger partial charge in [-0.05, 0) is 32.4 Å². The van der Waals surface area contributed by atoms with Crippen LogP contribution in [0.2, 0.25) is 0 Å². The van der Waals surface area contributed by atoms with Gasteiger partial charge in [0.15, 0.2) is 0 Å². The highest BCUT2D eigenvalue weighted by Gasteiger charge is 2.46. The van der Waals surface area contributed by atoms with E-state index in [9.17, 15) is 4.79 Å². The Labute approximate surface area is 245 Å². The Morgan fingerprint density at radius 2 is 2.17 bits per heavy atom. The molecule has 2 saturated heterocycles. The number of rotatable bonds is 10. The van der Waals surface area contributed by atoms with E-state index >= 15 is 4.39 Å². The van der Waals surface area contributed by atoms with Gasteiger partial charge in [0.25, 0.3) is 5.91 Å². The number of thiol groups is 1. The third-order valence-corrected chi connectivity index (χ3v) is 9.82. The highest BCUT2D eigenvalue weighted by Crippen LogP contribution is 2.44. The predicted molar refractivity (Wildman–Crippen MR) is 156 cm³/mol. The number of piperidine rings is 1. The van der Waals surface area contributed by atoms with Crippen LogP contribution in [0.1, 0.15) is 35.5 Å². The third kappa shape index (κ3) is 5.29. The largest absolute Gasteiger partial charge is 0.479 e. The van der Waals surface area contributed by atoms with Gasteiger partial charge in [0.05, 0.1) is 48.1 Å². The number of fused-ring (bicyclic) bond motifs is 3. The number of anilines is 1. The number of hydrogen-bond donors (Lipinski definition) is 3. The Kier molecular flexibility index (Phi) is 7.90. The molecule has 11 nitrogen and oxygen atoms in total. The monoisotopic (exact) mass is 601 g/mol. The summed E-state index contributed by atoms with van der Waals surface area (Å²) >= 11 is 6.25. The number of carbonyl (C=O) groups is 1. The van der Waals surface area contributed by atoms with E-state index in [1.54, 1.807) is 18.0 Å². The van der Waals surface area contributed by atoms with Crippen molar-refractivity contribution in [3.8, 4) is 16.6 Å². The van der Waals surface area contributed by atoms with Crippen LogP contribution in [0.15, 0.2) is 33.8 Å². The smallest absolute Gasteiger partial charge is 0.258 e. The molecule has 1 aromatic carbocycles. The molecule has 0 saturated carbocycles. The van der Waals surface area contributed by atoms with Gasteiger partial charge in [-0.2, -0.15) is 4.98 Å². The van der Waals surface area contributed by atoms with E-state index in [2.05, 4.69) is 30.8 Å². The van der Waals surface area contributed by atoms with Gasteiger partial charge in [0.2, 0.25) is 17.6 Å². The Balaban J connectivity index is 1.17. The SMILES string of the molecule is COCCn1cc(C(=O)NCc2nc(-c3sc4c(N[C@@H]5C[C@H]6CC[C@@H]([C@@H]5F)N6C)cccc4c3S)no2)c(OC)n1. The van der Waals surface area contributed by atoms with Crippen LogP contribution in [-0.4, -0.2) is 82.9 Å². The Morgan fingerprint density at radius 3 is 2.98 bits per heavy atom. The molecule has 0 unspecified atom stereocenters. The van der Waals surface area contributed by atoms with Crippen molar-refractivity contribution in [2.45, 2.75) is 61.5 Å². The summed E-state index contributed by atoms with van der Waals surface area (Å²) in [5.41, 5.74) is 1.17. The summed E-state index contributed by atoms with van der Waals surface area (Å²) in [6.07, 6.45) is 3.39. The summed E-state index contributed by atoms with van der Waals surface area (Å²) in [5, 5.41) is 15.6. The van der Waals surface area contributed by atoms with Crippen molar-refractivity contribution in [2.24, 2.45) is 0 Å². The second-order valence-electron chi connectivity index (χ2n) is 10.4. The predicted octanol–water partition coefficient (Wildman–Crippen LogP) is 4.01. The number of carbonyl (C=O) groups excluding carboxylic acids is 1. The number of alkyl halides is 1. The van der Waals surface area contributed by atoms with E-state index in [0.717, 1.165) is 44.8 Å². The van der Waals surface area contributed by atoms with Crippen LogP contribution in [0.4, 0.5) is 10.1 Å². The fourth-order valence-corrected chi connectivity index (χ4v) is 7.39. The van der Waals surface area contributed by atoms with Crippen LogP contribution < -0.4 is 15.4 Å². The van der Waals surface area contributed by atoms with Crippen LogP contribution in [0.3, 0.4) is 0 Å². The van der Waals surface area contributed by atoms with Crippen LogP contribution >= 0.6 is 24.0 Å². The normalized spacial score (nSPS) is 22.4. The first-order valence-corrected chi connectivity index (χ1v) is 14.7. The minimum absolute atomic E-state index is 0.0220. The molecule has 218 valence electrons. The fraction of sp³-hybridized carbons (Fsp3) is 0.481. The summed E-state index contributed by atoms with van der Waals surface area (Å²) in [4.78, 5) is 21.0. The number of ether oxygens (including phenoxy) is 2. The van der Waals surface area contributed by atoms with Gasteiger partial charge in [0, 0.05) is 35.7 Å². The minimum atomic E-state index is -0.932. The van der Waals surface area contributed by atoms with Crippen LogP contribution in [0.25, 0.3) is 20.8 Å². The van der Waals surface area contributed by atoms with Crippen molar-refractivity contribution in [3.63, 3.8) is 0 Å². The zero-order valence-corrected chi connectivity index (χ0v) is 24.7. The lowest BCUT2D eigenvalue weighted by Crippen LogP contribution is -2.53. The number of nitrogens with zero attached hydrogens (tertiary/aromatic N) is 5. The van der Waals surface area contributed by atoms with E-state index in [-0.39, 0.29) is 36.3 Å². The summed E-state index contributed by atoms with van der Waals surface area (Å²) in [6.45, 7) is 0.960. The van der Waals surface area contributed by atoms with Crippen LogP contribution in [0.5, 0.6) is 5.88 Å². The number of amides is 1. The summed E-state index contributed by atoms with van der Waals surface area (Å²) in [5.74, 6) is 0.444. The molecule has 2 fully saturated rings. The molecule has 0 spiro atoms. The number of halogens is 1. The first-order valence-electron chi connectivity index (χ1n) is 13.5. The van der Waals surface area contributed by atoms with Gasteiger partial charge < -0.3 is 24.6 Å². The number of nitrogens with one attached hydrogen (secondary N) is 2. The average molecular weight is 602 g/mol. The number of thiophene rings is 1. The zero-order valence-electron chi connectivity index (χ0n) is 23.0. The maximum atomic E-state index is 15.4. The Hall–Kier alpha value is -3.20. The molecule has 5 heterocycles. The molecule has 41 heavy (non-hydrogen) atoms. The lowest BCUT2D eigenvalue weighted by molar-refractivity contribution is 0.0786. The molecular formula is C27H32FN7O4S2. The number of benzene rings is 1. The average Bonchev–Trinajstić information content (AvgIpc) is 3.74. The number of hydrogen-bond acceptors (Lipinski definition) is 11. The molecule has 2 aliphatic rings. The Morgan fingerprint density at radius 1 is 1.32 bits per heavy atom. The van der Waals surface area contributed by atoms with Crippen LogP contribution in [0, 0.1) is 0 Å². The molecule has 0 radical (unpaired) electrons. The van der Waals surface area contributed by atoms with Gasteiger partial charge in [-0.1, -0.05) is 17.3 Å². The molecule has 4 atom stereocenters. The van der Waals surface area contributed by atoms with Gasteiger partial charge in [-0.15, -0.1) is 29.1 Å². The van der Waals surface area contributed by atoms with E-state index in [0.29, 0.717) is 30.6 Å². The third-order valence-electron chi connectivity index (χ3n) is 7.96. The molecule has 6 rings (SSSR count). The molecule has 2 aliphatic heterocycles. The Bertz CT molecular complexity index is 1560. The topological polar surface area (TPSA) is 120 Å². The van der Waals surface area contributed by atoms with Crippen molar-refractivity contribution in [1.29, 1.82) is 0 Å². The summed E-state index contributed by atoms with van der Waals surface area (Å²) < 4.78 is 33.7. The van der Waals surface area contributed by atoms with Crippen molar-refractivity contribution >= 4 is 45.6 Å². The van der Waals surface area contributed by atoms with Gasteiger partial charge in [-0.25, -0.2) is 4.39 Å². The molecule has 4 aromatic rings. The van der Waals surface area contributed by atoms with Gasteiger partial charge >= 0.3 is 0 Å². The quantitative estimate of drug-likeness (QED) is 0.232. The maximum absolute atomic E-state index is 15.4. The maximum Gasteiger partial charge on any atom is 0.258 e. The molecule has 0 aliphatic carbocycles. The van der Waals surface area contributed by atoms with Crippen molar-refractivity contribution in [2.75, 3.05) is 33.2 Å². The van der Waals surface area contributed by atoms with Gasteiger partial charge in [0.1, 0.15) is 11.7 Å². The fourth-order valence-electron chi connectivity index (χ4n) is 5.79. The highest BCUT2D eigenvalue weighted by molar-refractivity contribution is 7.81. The van der Waals surface area contributed by atoms with Crippen molar-refractivity contribution < 1.29 is 23.2 Å². The molecular weight excluding hydrogens is 569 g/mol. The first-order chi connectivity index (χ1) is 19.9. The van der Waals surface area contributed by atoms with Crippen molar-refractivity contribution in [1.82, 2.24) is 30.1 Å². The second kappa shape index (κ2) is 11.6. The summed E-state index contributed by atoms with van der Waals surface area (Å²) in [7, 11) is 5.08. The molecule has 2 N–H and O–H groups in total. The zero-order chi connectivity index (χ0) is 28.7. The van der Waals surface area contributed by atoms with Crippen LogP contribution in [-0.2, 0) is 17.8 Å². The standard InChI is InChI=1S/C27H32FN7O4S2/c1-34-14-7-8-19(34)21(28)18(11-14)30-17-6-4-5-15-22(40)24(41-23(15)17)25-31-20(39-33-25)12-29-26(36)16-13-35(9-10-37-2)32-27(16)38-3/h4-6,13-14,18-19,21,30,40H,7-12H2,1-3H3,(H,29,36)/t14-,18-,19+,21-/m1/s1. The van der Waals surface area contributed by atoms with E-state index in [1.807, 2.05) is 25.2 Å². The minimum Gasteiger partial charge on any atom is -0.479 e. The molecule has 1 amide bonds.